The second-order valence-electron chi connectivity index (χ2n) is 3.19. The maximum atomic E-state index is 11.1. The van der Waals surface area contributed by atoms with Gasteiger partial charge in [0.2, 0.25) is 0 Å². The summed E-state index contributed by atoms with van der Waals surface area (Å²) in [5.74, 6) is -0.271. The van der Waals surface area contributed by atoms with Crippen LogP contribution in [-0.4, -0.2) is 23.0 Å². The molecule has 0 unspecified atom stereocenters. The van der Waals surface area contributed by atoms with Crippen molar-refractivity contribution in [2.45, 2.75) is 13.3 Å². The van der Waals surface area contributed by atoms with Crippen LogP contribution in [0.15, 0.2) is 10.8 Å². The molecule has 16 heavy (non-hydrogen) atoms. The van der Waals surface area contributed by atoms with Crippen LogP contribution in [0.1, 0.15) is 11.4 Å². The number of carbonyl (C=O) groups excluding carboxylic acids is 1. The molecular weight excluding hydrogens is 244 g/mol. The van der Waals surface area contributed by atoms with Gasteiger partial charge >= 0.3 is 5.97 Å². The molecule has 0 bridgehead atoms. The van der Waals surface area contributed by atoms with Crippen molar-refractivity contribution in [2.75, 3.05) is 7.11 Å². The van der Waals surface area contributed by atoms with Crippen LogP contribution in [0.3, 0.4) is 0 Å². The van der Waals surface area contributed by atoms with Gasteiger partial charge < -0.3 is 4.74 Å². The molecule has 0 fully saturated rings. The van der Waals surface area contributed by atoms with E-state index in [0.29, 0.717) is 0 Å². The van der Waals surface area contributed by atoms with E-state index in [1.807, 2.05) is 17.7 Å². The van der Waals surface area contributed by atoms with Crippen molar-refractivity contribution in [3.05, 3.63) is 22.1 Å². The Kier molecular flexibility index (Phi) is 3.31. The standard InChI is InChI=1S/C10H10N2O2S2/c1-6-4-15-9(11-6)10-12-7(5-16-10)3-8(13)14-2/h4-5H,3H2,1-2H3. The number of thiazole rings is 2. The number of aromatic nitrogens is 2. The van der Waals surface area contributed by atoms with Gasteiger partial charge in [-0.25, -0.2) is 9.97 Å². The van der Waals surface area contributed by atoms with E-state index in [1.165, 1.54) is 18.4 Å². The first-order valence-corrected chi connectivity index (χ1v) is 6.38. The van der Waals surface area contributed by atoms with E-state index < -0.39 is 0 Å². The fourth-order valence-electron chi connectivity index (χ4n) is 1.16. The molecule has 0 N–H and O–H groups in total. The third-order valence-electron chi connectivity index (χ3n) is 1.91. The normalized spacial score (nSPS) is 10.4. The first-order chi connectivity index (χ1) is 7.69. The van der Waals surface area contributed by atoms with Gasteiger partial charge in [-0.1, -0.05) is 0 Å². The van der Waals surface area contributed by atoms with Crippen molar-refractivity contribution in [2.24, 2.45) is 0 Å². The number of methoxy groups -OCH3 is 1. The van der Waals surface area contributed by atoms with Crippen LogP contribution in [0.4, 0.5) is 0 Å². The Morgan fingerprint density at radius 3 is 2.62 bits per heavy atom. The first kappa shape index (κ1) is 11.2. The van der Waals surface area contributed by atoms with Gasteiger partial charge in [-0.05, 0) is 6.92 Å². The second-order valence-corrected chi connectivity index (χ2v) is 4.91. The Bertz CT molecular complexity index is 504. The number of nitrogens with zero attached hydrogens (tertiary/aromatic N) is 2. The lowest BCUT2D eigenvalue weighted by Crippen LogP contribution is -2.04. The minimum absolute atomic E-state index is 0.220. The molecular formula is C10H10N2O2S2. The summed E-state index contributed by atoms with van der Waals surface area (Å²) in [6.45, 7) is 1.95. The molecule has 0 saturated carbocycles. The predicted octanol–water partition coefficient (Wildman–Crippen LogP) is 2.29. The van der Waals surface area contributed by atoms with Crippen molar-refractivity contribution in [3.8, 4) is 10.0 Å². The number of rotatable bonds is 3. The highest BCUT2D eigenvalue weighted by Gasteiger charge is 2.10. The van der Waals surface area contributed by atoms with Crippen LogP contribution in [0, 0.1) is 6.92 Å². The minimum atomic E-state index is -0.271. The summed E-state index contributed by atoms with van der Waals surface area (Å²) in [4.78, 5) is 19.8. The Balaban J connectivity index is 2.16. The van der Waals surface area contributed by atoms with Crippen LogP contribution >= 0.6 is 22.7 Å². The molecule has 84 valence electrons. The quantitative estimate of drug-likeness (QED) is 0.789. The number of ether oxygens (including phenoxy) is 1. The van der Waals surface area contributed by atoms with Crippen LogP contribution in [0.2, 0.25) is 0 Å². The number of esters is 1. The lowest BCUT2D eigenvalue weighted by atomic mass is 10.3. The molecule has 0 spiro atoms. The van der Waals surface area contributed by atoms with Gasteiger partial charge in [0, 0.05) is 16.5 Å². The largest absolute Gasteiger partial charge is 0.469 e. The fraction of sp³-hybridized carbons (Fsp3) is 0.300. The second kappa shape index (κ2) is 4.71. The first-order valence-electron chi connectivity index (χ1n) is 4.63. The van der Waals surface area contributed by atoms with E-state index in [2.05, 4.69) is 14.7 Å². The third kappa shape index (κ3) is 2.45. The Labute approximate surface area is 101 Å². The average molecular weight is 254 g/mol. The predicted molar refractivity (Wildman–Crippen MR) is 63.7 cm³/mol. The van der Waals surface area contributed by atoms with E-state index in [0.717, 1.165) is 21.4 Å². The number of aryl methyl sites for hydroxylation is 1. The maximum Gasteiger partial charge on any atom is 0.311 e. The highest BCUT2D eigenvalue weighted by atomic mass is 32.1. The van der Waals surface area contributed by atoms with Crippen molar-refractivity contribution in [1.82, 2.24) is 9.97 Å². The fourth-order valence-corrected chi connectivity index (χ4v) is 2.83. The van der Waals surface area contributed by atoms with Gasteiger partial charge in [0.05, 0.1) is 19.2 Å². The van der Waals surface area contributed by atoms with Gasteiger partial charge in [-0.3, -0.25) is 4.79 Å². The van der Waals surface area contributed by atoms with Crippen LogP contribution in [-0.2, 0) is 16.0 Å². The summed E-state index contributed by atoms with van der Waals surface area (Å²) in [5, 5.41) is 5.61. The van der Waals surface area contributed by atoms with E-state index in [1.54, 1.807) is 11.3 Å². The number of hydrogen-bond acceptors (Lipinski definition) is 6. The lowest BCUT2D eigenvalue weighted by Gasteiger charge is -1.93. The topological polar surface area (TPSA) is 52.1 Å². The molecule has 0 saturated heterocycles. The molecule has 0 aliphatic heterocycles. The van der Waals surface area contributed by atoms with Crippen LogP contribution < -0.4 is 0 Å². The third-order valence-corrected chi connectivity index (χ3v) is 3.90. The molecule has 0 radical (unpaired) electrons. The Morgan fingerprint density at radius 1 is 1.31 bits per heavy atom. The van der Waals surface area contributed by atoms with Crippen LogP contribution in [0.5, 0.6) is 0 Å². The molecule has 0 aromatic carbocycles. The van der Waals surface area contributed by atoms with Gasteiger partial charge in [0.25, 0.3) is 0 Å². The monoisotopic (exact) mass is 254 g/mol. The molecule has 0 atom stereocenters. The zero-order valence-electron chi connectivity index (χ0n) is 8.89. The molecule has 2 rings (SSSR count). The molecule has 6 heteroatoms. The van der Waals surface area contributed by atoms with Crippen LogP contribution in [0.25, 0.3) is 10.0 Å². The van der Waals surface area contributed by atoms with Crippen molar-refractivity contribution in [1.29, 1.82) is 0 Å². The van der Waals surface area contributed by atoms with Crippen molar-refractivity contribution >= 4 is 28.6 Å². The summed E-state index contributed by atoms with van der Waals surface area (Å²) in [6.07, 6.45) is 0.220. The number of carbonyl (C=O) groups is 1. The molecule has 0 amide bonds. The summed E-state index contributed by atoms with van der Waals surface area (Å²) in [5.41, 5.74) is 1.73. The molecule has 2 aromatic rings. The SMILES string of the molecule is COC(=O)Cc1csc(-c2nc(C)cs2)n1. The van der Waals surface area contributed by atoms with E-state index in [-0.39, 0.29) is 12.4 Å². The van der Waals surface area contributed by atoms with Crippen molar-refractivity contribution < 1.29 is 9.53 Å². The Morgan fingerprint density at radius 2 is 2.00 bits per heavy atom. The number of hydrogen-bond donors (Lipinski definition) is 0. The van der Waals surface area contributed by atoms with E-state index in [4.69, 9.17) is 0 Å². The summed E-state index contributed by atoms with van der Waals surface area (Å²) < 4.78 is 4.59. The van der Waals surface area contributed by atoms with Gasteiger partial charge in [-0.15, -0.1) is 22.7 Å². The molecule has 0 aliphatic rings. The maximum absolute atomic E-state index is 11.1. The molecule has 0 aliphatic carbocycles. The van der Waals surface area contributed by atoms with Gasteiger partial charge in [0.15, 0.2) is 10.0 Å². The minimum Gasteiger partial charge on any atom is -0.469 e. The zero-order valence-corrected chi connectivity index (χ0v) is 10.5. The lowest BCUT2D eigenvalue weighted by molar-refractivity contribution is -0.139. The van der Waals surface area contributed by atoms with E-state index in [9.17, 15) is 4.79 Å². The van der Waals surface area contributed by atoms with Gasteiger partial charge in [-0.2, -0.15) is 0 Å². The Hall–Kier alpha value is -1.27. The molecule has 4 nitrogen and oxygen atoms in total. The summed E-state index contributed by atoms with van der Waals surface area (Å²) >= 11 is 3.06. The zero-order chi connectivity index (χ0) is 11.5. The molecule has 2 aromatic heterocycles. The van der Waals surface area contributed by atoms with Gasteiger partial charge in [0.1, 0.15) is 0 Å². The molecule has 2 heterocycles. The summed E-state index contributed by atoms with van der Waals surface area (Å²) in [6, 6.07) is 0. The highest BCUT2D eigenvalue weighted by molar-refractivity contribution is 7.19. The highest BCUT2D eigenvalue weighted by Crippen LogP contribution is 2.26. The van der Waals surface area contributed by atoms with Crippen molar-refractivity contribution in [3.63, 3.8) is 0 Å². The van der Waals surface area contributed by atoms with E-state index >= 15 is 0 Å². The summed E-state index contributed by atoms with van der Waals surface area (Å²) in [7, 11) is 1.37. The average Bonchev–Trinajstić information content (AvgIpc) is 2.87. The smallest absolute Gasteiger partial charge is 0.311 e.